The van der Waals surface area contributed by atoms with E-state index in [4.69, 9.17) is 10.5 Å². The highest BCUT2D eigenvalue weighted by Crippen LogP contribution is 2.36. The van der Waals surface area contributed by atoms with Crippen molar-refractivity contribution in [3.8, 4) is 0 Å². The molecule has 2 N–H and O–H groups in total. The van der Waals surface area contributed by atoms with Gasteiger partial charge in [-0.1, -0.05) is 25.7 Å². The van der Waals surface area contributed by atoms with Crippen LogP contribution in [0.25, 0.3) is 0 Å². The molecule has 1 aliphatic carbocycles. The largest absolute Gasteiger partial charge is 0.376 e. The first kappa shape index (κ1) is 15.8. The smallest absolute Gasteiger partial charge is 0.229 e. The second kappa shape index (κ2) is 7.41. The zero-order chi connectivity index (χ0) is 14.4. The van der Waals surface area contributed by atoms with Crippen molar-refractivity contribution < 1.29 is 9.53 Å². The van der Waals surface area contributed by atoms with E-state index in [1.807, 2.05) is 11.9 Å². The van der Waals surface area contributed by atoms with Crippen LogP contribution in [0.2, 0.25) is 0 Å². The van der Waals surface area contributed by atoms with Crippen LogP contribution in [-0.4, -0.2) is 43.7 Å². The topological polar surface area (TPSA) is 55.6 Å². The fourth-order valence-electron chi connectivity index (χ4n) is 3.66. The number of carbonyl (C=O) groups excluding carboxylic acids is 1. The molecule has 4 heteroatoms. The van der Waals surface area contributed by atoms with Crippen LogP contribution in [0.3, 0.4) is 0 Å². The highest BCUT2D eigenvalue weighted by atomic mass is 16.5. The molecule has 2 aliphatic rings. The van der Waals surface area contributed by atoms with E-state index in [2.05, 4.69) is 0 Å². The zero-order valence-electron chi connectivity index (χ0n) is 12.9. The van der Waals surface area contributed by atoms with Crippen LogP contribution in [-0.2, 0) is 9.53 Å². The molecule has 0 aromatic carbocycles. The molecule has 0 radical (unpaired) electrons. The Bertz CT molecular complexity index is 306. The van der Waals surface area contributed by atoms with Gasteiger partial charge in [-0.15, -0.1) is 0 Å². The summed E-state index contributed by atoms with van der Waals surface area (Å²) in [6.45, 7) is 2.05. The first-order valence-electron chi connectivity index (χ1n) is 8.25. The van der Waals surface area contributed by atoms with E-state index >= 15 is 0 Å². The predicted octanol–water partition coefficient (Wildman–Crippen LogP) is 2.31. The number of likely N-dealkylation sites (N-methyl/N-ethyl adjacent to an activating group) is 1. The van der Waals surface area contributed by atoms with Gasteiger partial charge in [0.2, 0.25) is 5.91 Å². The fourth-order valence-corrected chi connectivity index (χ4v) is 3.66. The molecule has 0 spiro atoms. The van der Waals surface area contributed by atoms with Gasteiger partial charge >= 0.3 is 0 Å². The van der Waals surface area contributed by atoms with E-state index in [0.717, 1.165) is 51.7 Å². The Hall–Kier alpha value is -0.610. The lowest BCUT2D eigenvalue weighted by Gasteiger charge is -2.36. The molecule has 0 aromatic heterocycles. The third-order valence-corrected chi connectivity index (χ3v) is 5.00. The van der Waals surface area contributed by atoms with Gasteiger partial charge in [-0.3, -0.25) is 4.79 Å². The Labute approximate surface area is 123 Å². The molecule has 0 aromatic rings. The van der Waals surface area contributed by atoms with Gasteiger partial charge < -0.3 is 15.4 Å². The molecule has 20 heavy (non-hydrogen) atoms. The second-order valence-electron chi connectivity index (χ2n) is 6.57. The molecule has 1 saturated carbocycles. The third kappa shape index (κ3) is 3.73. The molecule has 1 aliphatic heterocycles. The lowest BCUT2D eigenvalue weighted by atomic mass is 9.79. The highest BCUT2D eigenvalue weighted by Gasteiger charge is 2.39. The molecule has 1 unspecified atom stereocenters. The normalized spacial score (nSPS) is 26.8. The predicted molar refractivity (Wildman–Crippen MR) is 80.4 cm³/mol. The SMILES string of the molecule is CN(CC1CCCCO1)C(=O)C1(CN)CCCCCC1. The van der Waals surface area contributed by atoms with Gasteiger partial charge in [0, 0.05) is 26.7 Å². The van der Waals surface area contributed by atoms with Crippen LogP contribution < -0.4 is 5.73 Å². The van der Waals surface area contributed by atoms with Crippen molar-refractivity contribution in [1.82, 2.24) is 4.90 Å². The summed E-state index contributed by atoms with van der Waals surface area (Å²) in [5.41, 5.74) is 5.70. The minimum Gasteiger partial charge on any atom is -0.376 e. The minimum absolute atomic E-state index is 0.221. The van der Waals surface area contributed by atoms with Gasteiger partial charge in [0.25, 0.3) is 0 Å². The maximum Gasteiger partial charge on any atom is 0.229 e. The molecule has 1 atom stereocenters. The quantitative estimate of drug-likeness (QED) is 0.805. The second-order valence-corrected chi connectivity index (χ2v) is 6.57. The molecule has 4 nitrogen and oxygen atoms in total. The van der Waals surface area contributed by atoms with Crippen LogP contribution >= 0.6 is 0 Å². The van der Waals surface area contributed by atoms with E-state index in [0.29, 0.717) is 6.54 Å². The number of hydrogen-bond acceptors (Lipinski definition) is 3. The average Bonchev–Trinajstić information content (AvgIpc) is 2.74. The number of ether oxygens (including phenoxy) is 1. The summed E-state index contributed by atoms with van der Waals surface area (Å²) in [5.74, 6) is 0.246. The van der Waals surface area contributed by atoms with Gasteiger partial charge in [-0.2, -0.15) is 0 Å². The molecular formula is C16H30N2O2. The lowest BCUT2D eigenvalue weighted by Crippen LogP contribution is -2.49. The average molecular weight is 282 g/mol. The van der Waals surface area contributed by atoms with E-state index in [1.54, 1.807) is 0 Å². The Morgan fingerprint density at radius 2 is 1.90 bits per heavy atom. The van der Waals surface area contributed by atoms with E-state index in [-0.39, 0.29) is 17.4 Å². The number of nitrogens with two attached hydrogens (primary N) is 1. The monoisotopic (exact) mass is 282 g/mol. The summed E-state index contributed by atoms with van der Waals surface area (Å²) < 4.78 is 5.75. The molecule has 2 fully saturated rings. The third-order valence-electron chi connectivity index (χ3n) is 5.00. The number of carbonyl (C=O) groups is 1. The van der Waals surface area contributed by atoms with E-state index < -0.39 is 0 Å². The molecule has 2 rings (SSSR count). The summed E-state index contributed by atoms with van der Waals surface area (Å²) in [5, 5.41) is 0. The lowest BCUT2D eigenvalue weighted by molar-refractivity contribution is -0.143. The van der Waals surface area contributed by atoms with Crippen molar-refractivity contribution in [3.05, 3.63) is 0 Å². The maximum atomic E-state index is 12.9. The van der Waals surface area contributed by atoms with Gasteiger partial charge in [-0.05, 0) is 32.1 Å². The number of amides is 1. The molecule has 0 bridgehead atoms. The van der Waals surface area contributed by atoms with Crippen LogP contribution in [0.4, 0.5) is 0 Å². The van der Waals surface area contributed by atoms with Crippen molar-refractivity contribution in [2.24, 2.45) is 11.1 Å². The van der Waals surface area contributed by atoms with Crippen molar-refractivity contribution in [2.45, 2.75) is 63.9 Å². The Balaban J connectivity index is 1.95. The zero-order valence-corrected chi connectivity index (χ0v) is 12.9. The molecule has 1 saturated heterocycles. The van der Waals surface area contributed by atoms with E-state index in [1.165, 1.54) is 19.3 Å². The van der Waals surface area contributed by atoms with Crippen LogP contribution in [0.1, 0.15) is 57.8 Å². The van der Waals surface area contributed by atoms with Crippen molar-refractivity contribution in [3.63, 3.8) is 0 Å². The standard InChI is InChI=1S/C16H30N2O2/c1-18(12-14-8-4-7-11-20-14)15(19)16(13-17)9-5-2-3-6-10-16/h14H,2-13,17H2,1H3. The molecular weight excluding hydrogens is 252 g/mol. The van der Waals surface area contributed by atoms with Gasteiger partial charge in [-0.25, -0.2) is 0 Å². The number of rotatable bonds is 4. The van der Waals surface area contributed by atoms with Crippen molar-refractivity contribution in [1.29, 1.82) is 0 Å². The first-order chi connectivity index (χ1) is 9.68. The fraction of sp³-hybridized carbons (Fsp3) is 0.938. The van der Waals surface area contributed by atoms with Crippen LogP contribution in [0.5, 0.6) is 0 Å². The Morgan fingerprint density at radius 3 is 2.45 bits per heavy atom. The summed E-state index contributed by atoms with van der Waals surface area (Å²) in [6.07, 6.45) is 10.3. The number of nitrogens with zero attached hydrogens (tertiary/aromatic N) is 1. The molecule has 1 heterocycles. The Kier molecular flexibility index (Phi) is 5.85. The minimum atomic E-state index is -0.306. The number of hydrogen-bond donors (Lipinski definition) is 1. The van der Waals surface area contributed by atoms with Gasteiger partial charge in [0.05, 0.1) is 11.5 Å². The van der Waals surface area contributed by atoms with Crippen molar-refractivity contribution >= 4 is 5.91 Å². The summed E-state index contributed by atoms with van der Waals surface area (Å²) >= 11 is 0. The van der Waals surface area contributed by atoms with E-state index in [9.17, 15) is 4.79 Å². The first-order valence-corrected chi connectivity index (χ1v) is 8.25. The van der Waals surface area contributed by atoms with Gasteiger partial charge in [0.15, 0.2) is 0 Å². The molecule has 1 amide bonds. The maximum absolute atomic E-state index is 12.9. The molecule has 116 valence electrons. The Morgan fingerprint density at radius 1 is 1.20 bits per heavy atom. The van der Waals surface area contributed by atoms with Gasteiger partial charge in [0.1, 0.15) is 0 Å². The summed E-state index contributed by atoms with van der Waals surface area (Å²) in [7, 11) is 1.92. The summed E-state index contributed by atoms with van der Waals surface area (Å²) in [6, 6.07) is 0. The van der Waals surface area contributed by atoms with Crippen LogP contribution in [0, 0.1) is 5.41 Å². The summed E-state index contributed by atoms with van der Waals surface area (Å²) in [4.78, 5) is 14.8. The highest BCUT2D eigenvalue weighted by molar-refractivity contribution is 5.82. The van der Waals surface area contributed by atoms with Crippen LogP contribution in [0.15, 0.2) is 0 Å². The van der Waals surface area contributed by atoms with Crippen molar-refractivity contribution in [2.75, 3.05) is 26.7 Å².